The number of hydrogen-bond donors (Lipinski definition) is 0. The van der Waals surface area contributed by atoms with Crippen LogP contribution in [0.25, 0.3) is 0 Å². The molecule has 0 heterocycles. The van der Waals surface area contributed by atoms with Gasteiger partial charge < -0.3 is 0 Å². The minimum Gasteiger partial charge on any atom is -0.171 e. The standard InChI is InChI=1S/C7H17ClSi/c1-6(2)7(3,4)9(5)8/h6,9H,1-5H3. The van der Waals surface area contributed by atoms with E-state index in [1.807, 2.05) is 0 Å². The average molecular weight is 165 g/mol. The maximum absolute atomic E-state index is 6.10. The van der Waals surface area contributed by atoms with E-state index in [0.717, 1.165) is 5.92 Å². The van der Waals surface area contributed by atoms with Gasteiger partial charge >= 0.3 is 0 Å². The molecule has 0 spiro atoms. The lowest BCUT2D eigenvalue weighted by Gasteiger charge is -2.30. The molecule has 2 heteroatoms. The van der Waals surface area contributed by atoms with Crippen molar-refractivity contribution in [1.82, 2.24) is 0 Å². The monoisotopic (exact) mass is 164 g/mol. The summed E-state index contributed by atoms with van der Waals surface area (Å²) in [5.74, 6) is 0.719. The van der Waals surface area contributed by atoms with Gasteiger partial charge in [0, 0.05) is 0 Å². The fraction of sp³-hybridized carbons (Fsp3) is 1.00. The van der Waals surface area contributed by atoms with Gasteiger partial charge in [-0.3, -0.25) is 0 Å². The van der Waals surface area contributed by atoms with Gasteiger partial charge in [-0.1, -0.05) is 34.2 Å². The normalized spacial score (nSPS) is 16.3. The van der Waals surface area contributed by atoms with E-state index in [0.29, 0.717) is 5.04 Å². The summed E-state index contributed by atoms with van der Waals surface area (Å²) in [6.45, 7) is 11.2. The second kappa shape index (κ2) is 3.06. The Hall–Kier alpha value is 0.507. The van der Waals surface area contributed by atoms with Gasteiger partial charge in [-0.2, -0.15) is 11.1 Å². The van der Waals surface area contributed by atoms with Crippen molar-refractivity contribution in [2.45, 2.75) is 39.3 Å². The number of halogens is 1. The molecule has 0 radical (unpaired) electrons. The van der Waals surface area contributed by atoms with Crippen LogP contribution in [-0.2, 0) is 0 Å². The van der Waals surface area contributed by atoms with Gasteiger partial charge in [-0.15, -0.1) is 0 Å². The molecule has 56 valence electrons. The zero-order valence-corrected chi connectivity index (χ0v) is 8.94. The van der Waals surface area contributed by atoms with E-state index in [2.05, 4.69) is 34.2 Å². The average Bonchev–Trinajstić information content (AvgIpc) is 1.65. The summed E-state index contributed by atoms with van der Waals surface area (Å²) in [6, 6.07) is 0. The molecule has 0 aliphatic carbocycles. The molecule has 0 amide bonds. The van der Waals surface area contributed by atoms with Gasteiger partial charge in [-0.25, -0.2) is 0 Å². The molecule has 0 rings (SSSR count). The highest BCUT2D eigenvalue weighted by molar-refractivity contribution is 7.07. The van der Waals surface area contributed by atoms with Crippen LogP contribution in [0.3, 0.4) is 0 Å². The van der Waals surface area contributed by atoms with Crippen molar-refractivity contribution in [1.29, 1.82) is 0 Å². The highest BCUT2D eigenvalue weighted by Crippen LogP contribution is 2.38. The molecule has 1 unspecified atom stereocenters. The van der Waals surface area contributed by atoms with E-state index in [9.17, 15) is 0 Å². The molecular weight excluding hydrogens is 148 g/mol. The molecule has 1 atom stereocenters. The Balaban J connectivity index is 4.01. The van der Waals surface area contributed by atoms with Crippen molar-refractivity contribution in [3.8, 4) is 0 Å². The molecule has 0 aromatic heterocycles. The zero-order valence-electron chi connectivity index (χ0n) is 7.03. The molecular formula is C7H17ClSi. The van der Waals surface area contributed by atoms with Crippen LogP contribution in [0.5, 0.6) is 0 Å². The first-order valence-corrected chi connectivity index (χ1v) is 7.01. The van der Waals surface area contributed by atoms with Crippen molar-refractivity contribution in [2.24, 2.45) is 5.92 Å². The smallest absolute Gasteiger partial charge is 0.143 e. The molecule has 0 aliphatic rings. The maximum Gasteiger partial charge on any atom is 0.143 e. The van der Waals surface area contributed by atoms with E-state index in [-0.39, 0.29) is 0 Å². The van der Waals surface area contributed by atoms with Gasteiger partial charge in [0.25, 0.3) is 0 Å². The lowest BCUT2D eigenvalue weighted by molar-refractivity contribution is 0.472. The van der Waals surface area contributed by atoms with Gasteiger partial charge in [0.1, 0.15) is 8.11 Å². The van der Waals surface area contributed by atoms with Gasteiger partial charge in [0.15, 0.2) is 0 Å². The summed E-state index contributed by atoms with van der Waals surface area (Å²) < 4.78 is 0. The fourth-order valence-electron chi connectivity index (χ4n) is 0.459. The summed E-state index contributed by atoms with van der Waals surface area (Å²) in [5.41, 5.74) is 0. The first kappa shape index (κ1) is 9.51. The van der Waals surface area contributed by atoms with Crippen LogP contribution in [0.4, 0.5) is 0 Å². The topological polar surface area (TPSA) is 0 Å². The molecule has 0 bridgehead atoms. The third-order valence-electron chi connectivity index (χ3n) is 2.51. The summed E-state index contributed by atoms with van der Waals surface area (Å²) in [4.78, 5) is 0. The molecule has 0 saturated heterocycles. The first-order chi connectivity index (χ1) is 3.89. The largest absolute Gasteiger partial charge is 0.171 e. The minimum absolute atomic E-state index is 0.404. The predicted molar refractivity (Wildman–Crippen MR) is 47.7 cm³/mol. The Morgan fingerprint density at radius 1 is 1.33 bits per heavy atom. The van der Waals surface area contributed by atoms with Crippen molar-refractivity contribution in [3.05, 3.63) is 0 Å². The van der Waals surface area contributed by atoms with Crippen molar-refractivity contribution < 1.29 is 0 Å². The molecule has 0 aliphatic heterocycles. The molecule has 0 fully saturated rings. The van der Waals surface area contributed by atoms with E-state index in [1.54, 1.807) is 0 Å². The fourth-order valence-corrected chi connectivity index (χ4v) is 2.13. The lowest BCUT2D eigenvalue weighted by atomic mass is 9.99. The second-order valence-corrected chi connectivity index (χ2v) is 8.28. The summed E-state index contributed by atoms with van der Waals surface area (Å²) in [6.07, 6.45) is 0. The van der Waals surface area contributed by atoms with E-state index in [4.69, 9.17) is 11.1 Å². The highest BCUT2D eigenvalue weighted by atomic mass is 35.6. The predicted octanol–water partition coefficient (Wildman–Crippen LogP) is 3.02. The lowest BCUT2D eigenvalue weighted by Crippen LogP contribution is -2.24. The second-order valence-electron chi connectivity index (χ2n) is 3.59. The summed E-state index contributed by atoms with van der Waals surface area (Å²) in [5, 5.41) is 0.404. The quantitative estimate of drug-likeness (QED) is 0.435. The van der Waals surface area contributed by atoms with Crippen LogP contribution >= 0.6 is 11.1 Å². The van der Waals surface area contributed by atoms with Crippen molar-refractivity contribution in [2.75, 3.05) is 0 Å². The summed E-state index contributed by atoms with van der Waals surface area (Å²) in [7, 11) is -0.965. The van der Waals surface area contributed by atoms with E-state index < -0.39 is 8.11 Å². The number of hydrogen-bond acceptors (Lipinski definition) is 0. The van der Waals surface area contributed by atoms with Crippen LogP contribution in [0.1, 0.15) is 27.7 Å². The third-order valence-corrected chi connectivity index (χ3v) is 6.92. The Labute approximate surface area is 64.9 Å². The summed E-state index contributed by atoms with van der Waals surface area (Å²) >= 11 is 6.10. The van der Waals surface area contributed by atoms with Crippen molar-refractivity contribution >= 4 is 19.2 Å². The Kier molecular flexibility index (Phi) is 3.24. The van der Waals surface area contributed by atoms with Crippen LogP contribution in [-0.4, -0.2) is 8.11 Å². The highest BCUT2D eigenvalue weighted by Gasteiger charge is 2.28. The van der Waals surface area contributed by atoms with Crippen LogP contribution in [0.15, 0.2) is 0 Å². The van der Waals surface area contributed by atoms with E-state index >= 15 is 0 Å². The SMILES string of the molecule is CC(C)C(C)(C)[SiH](C)Cl. The Bertz CT molecular complexity index is 76.9. The zero-order chi connectivity index (χ0) is 7.65. The molecule has 0 N–H and O–H groups in total. The van der Waals surface area contributed by atoms with Gasteiger partial charge in [0.05, 0.1) is 0 Å². The molecule has 0 nitrogen and oxygen atoms in total. The number of rotatable bonds is 2. The minimum atomic E-state index is -0.965. The van der Waals surface area contributed by atoms with Crippen LogP contribution in [0.2, 0.25) is 11.6 Å². The molecule has 0 saturated carbocycles. The molecule has 0 aromatic carbocycles. The van der Waals surface area contributed by atoms with E-state index in [1.165, 1.54) is 0 Å². The Morgan fingerprint density at radius 2 is 1.67 bits per heavy atom. The van der Waals surface area contributed by atoms with Crippen LogP contribution < -0.4 is 0 Å². The molecule has 9 heavy (non-hydrogen) atoms. The third kappa shape index (κ3) is 2.30. The first-order valence-electron chi connectivity index (χ1n) is 3.53. The van der Waals surface area contributed by atoms with Crippen molar-refractivity contribution in [3.63, 3.8) is 0 Å². The van der Waals surface area contributed by atoms with Gasteiger partial charge in [0.2, 0.25) is 0 Å². The maximum atomic E-state index is 6.10. The van der Waals surface area contributed by atoms with Gasteiger partial charge in [-0.05, 0) is 11.0 Å². The van der Waals surface area contributed by atoms with Crippen LogP contribution in [0, 0.1) is 5.92 Å². The molecule has 0 aromatic rings. The Morgan fingerprint density at radius 3 is 1.67 bits per heavy atom.